The molecule has 1 aromatic rings. The molecule has 0 unspecified atom stereocenters. The summed E-state index contributed by atoms with van der Waals surface area (Å²) in [5.41, 5.74) is 0.718. The summed E-state index contributed by atoms with van der Waals surface area (Å²) in [7, 11) is 1.80. The first-order valence-electron chi connectivity index (χ1n) is 7.25. The van der Waals surface area contributed by atoms with Crippen molar-refractivity contribution in [3.8, 4) is 0 Å². The molecular weight excluding hydrogens is 257 g/mol. The van der Waals surface area contributed by atoms with Crippen molar-refractivity contribution in [2.45, 2.75) is 38.2 Å². The van der Waals surface area contributed by atoms with Crippen LogP contribution in [0.4, 0.5) is 4.39 Å². The number of ether oxygens (including phenoxy) is 1. The van der Waals surface area contributed by atoms with E-state index < -0.39 is 0 Å². The molecule has 20 heavy (non-hydrogen) atoms. The minimum Gasteiger partial charge on any atom is -0.378 e. The summed E-state index contributed by atoms with van der Waals surface area (Å²) in [5, 5.41) is 0. The lowest BCUT2D eigenvalue weighted by molar-refractivity contribution is -0.129. The Labute approximate surface area is 119 Å². The van der Waals surface area contributed by atoms with Gasteiger partial charge in [0.1, 0.15) is 5.82 Å². The third kappa shape index (κ3) is 4.60. The summed E-state index contributed by atoms with van der Waals surface area (Å²) in [5.74, 6) is -0.278. The Balaban J connectivity index is 1.76. The van der Waals surface area contributed by atoms with E-state index in [-0.39, 0.29) is 24.2 Å². The SMILES string of the molecule is CN(CC[C@H]1CCCCO1)C(=O)Cc1cccc(F)c1. The van der Waals surface area contributed by atoms with Gasteiger partial charge < -0.3 is 9.64 Å². The molecule has 1 fully saturated rings. The topological polar surface area (TPSA) is 29.5 Å². The van der Waals surface area contributed by atoms with Gasteiger partial charge in [0, 0.05) is 20.2 Å². The molecule has 0 spiro atoms. The van der Waals surface area contributed by atoms with E-state index in [1.807, 2.05) is 0 Å². The Morgan fingerprint density at radius 2 is 2.30 bits per heavy atom. The number of carbonyl (C=O) groups is 1. The van der Waals surface area contributed by atoms with Crippen LogP contribution < -0.4 is 0 Å². The van der Waals surface area contributed by atoms with E-state index in [1.165, 1.54) is 18.6 Å². The first-order chi connectivity index (χ1) is 9.65. The van der Waals surface area contributed by atoms with Gasteiger partial charge in [0.25, 0.3) is 0 Å². The fourth-order valence-corrected chi connectivity index (χ4v) is 2.45. The van der Waals surface area contributed by atoms with Crippen LogP contribution in [0.3, 0.4) is 0 Å². The zero-order valence-electron chi connectivity index (χ0n) is 12.0. The van der Waals surface area contributed by atoms with Crippen LogP contribution in [0, 0.1) is 5.82 Å². The van der Waals surface area contributed by atoms with Crippen LogP contribution in [-0.4, -0.2) is 37.1 Å². The van der Waals surface area contributed by atoms with Crippen molar-refractivity contribution in [2.24, 2.45) is 0 Å². The molecule has 1 heterocycles. The molecule has 0 aliphatic carbocycles. The molecule has 0 saturated carbocycles. The number of carbonyl (C=O) groups excluding carboxylic acids is 1. The van der Waals surface area contributed by atoms with E-state index in [4.69, 9.17) is 4.74 Å². The number of nitrogens with zero attached hydrogens (tertiary/aromatic N) is 1. The zero-order valence-corrected chi connectivity index (χ0v) is 12.0. The Kier molecular flexibility index (Phi) is 5.53. The van der Waals surface area contributed by atoms with Gasteiger partial charge in [-0.3, -0.25) is 4.79 Å². The maximum Gasteiger partial charge on any atom is 0.226 e. The van der Waals surface area contributed by atoms with Crippen molar-refractivity contribution in [1.82, 2.24) is 4.90 Å². The lowest BCUT2D eigenvalue weighted by Gasteiger charge is -2.25. The van der Waals surface area contributed by atoms with Gasteiger partial charge in [-0.15, -0.1) is 0 Å². The first kappa shape index (κ1) is 15.0. The highest BCUT2D eigenvalue weighted by Gasteiger charge is 2.16. The average molecular weight is 279 g/mol. The van der Waals surface area contributed by atoms with E-state index in [0.29, 0.717) is 6.54 Å². The maximum absolute atomic E-state index is 13.1. The molecule has 1 aliphatic rings. The molecule has 0 N–H and O–H groups in total. The summed E-state index contributed by atoms with van der Waals surface area (Å²) in [6.07, 6.45) is 4.86. The standard InChI is InChI=1S/C16H22FNO2/c1-18(9-8-15-7-2-3-10-20-15)16(19)12-13-5-4-6-14(17)11-13/h4-6,11,15H,2-3,7-10,12H2,1H3/t15-/m1/s1. The second-order valence-corrected chi connectivity index (χ2v) is 5.40. The van der Waals surface area contributed by atoms with Crippen LogP contribution in [-0.2, 0) is 16.0 Å². The van der Waals surface area contributed by atoms with E-state index >= 15 is 0 Å². The Morgan fingerprint density at radius 1 is 1.45 bits per heavy atom. The predicted molar refractivity (Wildman–Crippen MR) is 75.9 cm³/mol. The van der Waals surface area contributed by atoms with Crippen LogP contribution in [0.15, 0.2) is 24.3 Å². The van der Waals surface area contributed by atoms with Crippen molar-refractivity contribution < 1.29 is 13.9 Å². The predicted octanol–water partition coefficient (Wildman–Crippen LogP) is 2.79. The number of rotatable bonds is 5. The molecule has 2 rings (SSSR count). The zero-order chi connectivity index (χ0) is 14.4. The van der Waals surface area contributed by atoms with Crippen LogP contribution in [0.25, 0.3) is 0 Å². The highest BCUT2D eigenvalue weighted by molar-refractivity contribution is 5.78. The second kappa shape index (κ2) is 7.39. The van der Waals surface area contributed by atoms with Gasteiger partial charge in [-0.05, 0) is 43.4 Å². The second-order valence-electron chi connectivity index (χ2n) is 5.40. The fraction of sp³-hybridized carbons (Fsp3) is 0.562. The summed E-state index contributed by atoms with van der Waals surface area (Å²) < 4.78 is 18.7. The number of halogens is 1. The molecule has 4 heteroatoms. The van der Waals surface area contributed by atoms with E-state index in [0.717, 1.165) is 31.4 Å². The fourth-order valence-electron chi connectivity index (χ4n) is 2.45. The maximum atomic E-state index is 13.1. The van der Waals surface area contributed by atoms with Gasteiger partial charge in [-0.1, -0.05) is 12.1 Å². The number of amides is 1. The lowest BCUT2D eigenvalue weighted by Crippen LogP contribution is -2.32. The normalized spacial score (nSPS) is 18.8. The van der Waals surface area contributed by atoms with Crippen LogP contribution in [0.2, 0.25) is 0 Å². The molecule has 0 radical (unpaired) electrons. The number of hydrogen-bond donors (Lipinski definition) is 0. The molecule has 1 atom stereocenters. The van der Waals surface area contributed by atoms with Crippen LogP contribution in [0.1, 0.15) is 31.2 Å². The number of hydrogen-bond acceptors (Lipinski definition) is 2. The molecule has 1 amide bonds. The quantitative estimate of drug-likeness (QED) is 0.829. The van der Waals surface area contributed by atoms with E-state index in [2.05, 4.69) is 0 Å². The molecule has 3 nitrogen and oxygen atoms in total. The largest absolute Gasteiger partial charge is 0.378 e. The third-order valence-electron chi connectivity index (χ3n) is 3.73. The summed E-state index contributed by atoms with van der Waals surface area (Å²) >= 11 is 0. The van der Waals surface area contributed by atoms with Gasteiger partial charge in [0.2, 0.25) is 5.91 Å². The Hall–Kier alpha value is -1.42. The van der Waals surface area contributed by atoms with Crippen molar-refractivity contribution >= 4 is 5.91 Å². The molecule has 0 bridgehead atoms. The molecule has 1 aliphatic heterocycles. The first-order valence-corrected chi connectivity index (χ1v) is 7.25. The molecular formula is C16H22FNO2. The summed E-state index contributed by atoms with van der Waals surface area (Å²) in [6, 6.07) is 6.21. The minimum absolute atomic E-state index is 0.0198. The van der Waals surface area contributed by atoms with Crippen molar-refractivity contribution in [2.75, 3.05) is 20.2 Å². The molecule has 0 aromatic heterocycles. The highest BCUT2D eigenvalue weighted by atomic mass is 19.1. The summed E-state index contributed by atoms with van der Waals surface area (Å²) in [4.78, 5) is 13.8. The van der Waals surface area contributed by atoms with Crippen molar-refractivity contribution in [3.63, 3.8) is 0 Å². The molecule has 110 valence electrons. The van der Waals surface area contributed by atoms with Gasteiger partial charge in [-0.25, -0.2) is 4.39 Å². The smallest absolute Gasteiger partial charge is 0.226 e. The minimum atomic E-state index is -0.298. The van der Waals surface area contributed by atoms with Gasteiger partial charge in [-0.2, -0.15) is 0 Å². The van der Waals surface area contributed by atoms with Crippen molar-refractivity contribution in [1.29, 1.82) is 0 Å². The lowest BCUT2D eigenvalue weighted by atomic mass is 10.1. The van der Waals surface area contributed by atoms with Gasteiger partial charge >= 0.3 is 0 Å². The summed E-state index contributed by atoms with van der Waals surface area (Å²) in [6.45, 7) is 1.53. The van der Waals surface area contributed by atoms with E-state index in [9.17, 15) is 9.18 Å². The van der Waals surface area contributed by atoms with Gasteiger partial charge in [0.15, 0.2) is 0 Å². The number of likely N-dealkylation sites (N-methyl/N-ethyl adjacent to an activating group) is 1. The Bertz CT molecular complexity index is 444. The van der Waals surface area contributed by atoms with Gasteiger partial charge in [0.05, 0.1) is 12.5 Å². The van der Waals surface area contributed by atoms with Crippen molar-refractivity contribution in [3.05, 3.63) is 35.6 Å². The monoisotopic (exact) mass is 279 g/mol. The van der Waals surface area contributed by atoms with Crippen LogP contribution >= 0.6 is 0 Å². The Morgan fingerprint density at radius 3 is 3.00 bits per heavy atom. The molecule has 1 aromatic carbocycles. The van der Waals surface area contributed by atoms with Crippen LogP contribution in [0.5, 0.6) is 0 Å². The third-order valence-corrected chi connectivity index (χ3v) is 3.73. The molecule has 1 saturated heterocycles. The highest BCUT2D eigenvalue weighted by Crippen LogP contribution is 2.16. The van der Waals surface area contributed by atoms with E-state index in [1.54, 1.807) is 24.1 Å². The average Bonchev–Trinajstić information content (AvgIpc) is 2.46. The number of benzene rings is 1.